The maximum atomic E-state index is 12.5. The van der Waals surface area contributed by atoms with Crippen LogP contribution in [0.3, 0.4) is 0 Å². The van der Waals surface area contributed by atoms with Crippen molar-refractivity contribution in [1.82, 2.24) is 5.32 Å². The van der Waals surface area contributed by atoms with Gasteiger partial charge in [0.15, 0.2) is 6.10 Å². The molecule has 1 aliphatic heterocycles. The highest BCUT2D eigenvalue weighted by molar-refractivity contribution is 5.98. The van der Waals surface area contributed by atoms with E-state index in [2.05, 4.69) is 10.6 Å². The van der Waals surface area contributed by atoms with Crippen molar-refractivity contribution in [3.8, 4) is 5.75 Å². The number of carbonyl (C=O) groups excluding carboxylic acids is 2. The van der Waals surface area contributed by atoms with Gasteiger partial charge in [-0.2, -0.15) is 0 Å². The SMILES string of the molecule is NCC(NC(=O)c1cccc(NC(=O)C2Cc3ccccc3O2)c1)C1CC1. The van der Waals surface area contributed by atoms with E-state index >= 15 is 0 Å². The summed E-state index contributed by atoms with van der Waals surface area (Å²) in [6.45, 7) is 0.437. The summed E-state index contributed by atoms with van der Waals surface area (Å²) in [5.41, 5.74) is 7.86. The molecule has 140 valence electrons. The molecule has 1 heterocycles. The first-order valence-corrected chi connectivity index (χ1v) is 9.30. The standard InChI is InChI=1S/C21H23N3O3/c22-12-17(13-8-9-13)24-20(25)15-5-3-6-16(10-15)23-21(26)19-11-14-4-1-2-7-18(14)27-19/h1-7,10,13,17,19H,8-9,11-12,22H2,(H,23,26)(H,24,25). The van der Waals surface area contributed by atoms with Gasteiger partial charge >= 0.3 is 0 Å². The van der Waals surface area contributed by atoms with Crippen molar-refractivity contribution in [3.63, 3.8) is 0 Å². The van der Waals surface area contributed by atoms with Gasteiger partial charge in [0.25, 0.3) is 11.8 Å². The van der Waals surface area contributed by atoms with E-state index in [4.69, 9.17) is 10.5 Å². The highest BCUT2D eigenvalue weighted by atomic mass is 16.5. The number of ether oxygens (including phenoxy) is 1. The second kappa shape index (κ2) is 7.40. The Bertz CT molecular complexity index is 838. The molecule has 0 spiro atoms. The van der Waals surface area contributed by atoms with Crippen LogP contribution in [-0.2, 0) is 11.2 Å². The molecule has 0 aromatic heterocycles. The molecule has 0 saturated heterocycles. The van der Waals surface area contributed by atoms with Gasteiger partial charge in [-0.05, 0) is 48.6 Å². The third-order valence-electron chi connectivity index (χ3n) is 5.09. The molecule has 2 amide bonds. The summed E-state index contributed by atoms with van der Waals surface area (Å²) in [7, 11) is 0. The number of carbonyl (C=O) groups is 2. The lowest BCUT2D eigenvalue weighted by Gasteiger charge is -2.16. The van der Waals surface area contributed by atoms with Crippen molar-refractivity contribution in [1.29, 1.82) is 0 Å². The van der Waals surface area contributed by atoms with Crippen LogP contribution >= 0.6 is 0 Å². The summed E-state index contributed by atoms with van der Waals surface area (Å²) in [4.78, 5) is 25.0. The molecule has 6 heteroatoms. The number of benzene rings is 2. The van der Waals surface area contributed by atoms with Crippen LogP contribution in [0.25, 0.3) is 0 Å². The lowest BCUT2D eigenvalue weighted by Crippen LogP contribution is -2.41. The number of hydrogen-bond donors (Lipinski definition) is 3. The molecule has 2 aromatic rings. The first-order chi connectivity index (χ1) is 13.1. The van der Waals surface area contributed by atoms with Crippen LogP contribution in [0.1, 0.15) is 28.8 Å². The van der Waals surface area contributed by atoms with Crippen LogP contribution in [0, 0.1) is 5.92 Å². The highest BCUT2D eigenvalue weighted by Gasteiger charge is 2.31. The monoisotopic (exact) mass is 365 g/mol. The molecule has 1 saturated carbocycles. The van der Waals surface area contributed by atoms with Crippen molar-refractivity contribution >= 4 is 17.5 Å². The molecular formula is C21H23N3O3. The molecule has 27 heavy (non-hydrogen) atoms. The highest BCUT2D eigenvalue weighted by Crippen LogP contribution is 2.32. The van der Waals surface area contributed by atoms with Crippen molar-refractivity contribution < 1.29 is 14.3 Å². The van der Waals surface area contributed by atoms with Gasteiger partial charge in [0.05, 0.1) is 0 Å². The maximum Gasteiger partial charge on any atom is 0.265 e. The predicted octanol–water partition coefficient (Wildman–Crippen LogP) is 2.10. The molecule has 2 unspecified atom stereocenters. The number of amides is 2. The first kappa shape index (κ1) is 17.5. The Labute approximate surface area is 158 Å². The summed E-state index contributed by atoms with van der Waals surface area (Å²) >= 11 is 0. The Morgan fingerprint density at radius 3 is 2.70 bits per heavy atom. The van der Waals surface area contributed by atoms with Crippen LogP contribution in [0.4, 0.5) is 5.69 Å². The lowest BCUT2D eigenvalue weighted by molar-refractivity contribution is -0.122. The second-order valence-corrected chi connectivity index (χ2v) is 7.14. The van der Waals surface area contributed by atoms with Crippen LogP contribution in [0.2, 0.25) is 0 Å². The van der Waals surface area contributed by atoms with Gasteiger partial charge in [-0.3, -0.25) is 9.59 Å². The minimum Gasteiger partial charge on any atom is -0.480 e. The van der Waals surface area contributed by atoms with Gasteiger partial charge in [-0.25, -0.2) is 0 Å². The molecular weight excluding hydrogens is 342 g/mol. The maximum absolute atomic E-state index is 12.5. The van der Waals surface area contributed by atoms with Crippen LogP contribution in [0.5, 0.6) is 5.75 Å². The lowest BCUT2D eigenvalue weighted by atomic mass is 10.1. The summed E-state index contributed by atoms with van der Waals surface area (Å²) in [6, 6.07) is 14.6. The Morgan fingerprint density at radius 2 is 1.96 bits per heavy atom. The average Bonchev–Trinajstić information content (AvgIpc) is 3.43. The molecule has 0 bridgehead atoms. The molecule has 1 aliphatic carbocycles. The fraction of sp³-hybridized carbons (Fsp3) is 0.333. The van der Waals surface area contributed by atoms with Crippen LogP contribution < -0.4 is 21.1 Å². The molecule has 2 aliphatic rings. The van der Waals surface area contributed by atoms with Crippen molar-refractivity contribution in [2.75, 3.05) is 11.9 Å². The Kier molecular flexibility index (Phi) is 4.81. The number of rotatable bonds is 6. The number of para-hydroxylation sites is 1. The summed E-state index contributed by atoms with van der Waals surface area (Å²) in [6.07, 6.45) is 2.21. The number of nitrogens with one attached hydrogen (secondary N) is 2. The topological polar surface area (TPSA) is 93.5 Å². The van der Waals surface area contributed by atoms with Crippen LogP contribution in [-0.4, -0.2) is 30.5 Å². The second-order valence-electron chi connectivity index (χ2n) is 7.14. The third-order valence-corrected chi connectivity index (χ3v) is 5.09. The van der Waals surface area contributed by atoms with Crippen molar-refractivity contribution in [3.05, 3.63) is 59.7 Å². The predicted molar refractivity (Wildman–Crippen MR) is 103 cm³/mol. The van der Waals surface area contributed by atoms with Gasteiger partial charge in [0, 0.05) is 30.3 Å². The average molecular weight is 365 g/mol. The van der Waals surface area contributed by atoms with E-state index in [-0.39, 0.29) is 17.9 Å². The molecule has 6 nitrogen and oxygen atoms in total. The zero-order valence-corrected chi connectivity index (χ0v) is 15.0. The minimum absolute atomic E-state index is 0.0149. The number of anilines is 1. The normalized spacial score (nSPS) is 18.9. The fourth-order valence-electron chi connectivity index (χ4n) is 3.41. The van der Waals surface area contributed by atoms with Gasteiger partial charge < -0.3 is 21.1 Å². The molecule has 2 atom stereocenters. The van der Waals surface area contributed by atoms with E-state index in [9.17, 15) is 9.59 Å². The Balaban J connectivity index is 1.39. The molecule has 2 aromatic carbocycles. The van der Waals surface area contributed by atoms with E-state index in [1.165, 1.54) is 0 Å². The van der Waals surface area contributed by atoms with Gasteiger partial charge in [0.1, 0.15) is 5.75 Å². The number of hydrogen-bond acceptors (Lipinski definition) is 4. The summed E-state index contributed by atoms with van der Waals surface area (Å²) in [5.74, 6) is 0.848. The fourth-order valence-corrected chi connectivity index (χ4v) is 3.41. The van der Waals surface area contributed by atoms with E-state index in [1.54, 1.807) is 24.3 Å². The Hall–Kier alpha value is -2.86. The minimum atomic E-state index is -0.559. The van der Waals surface area contributed by atoms with Gasteiger partial charge in [-0.1, -0.05) is 24.3 Å². The van der Waals surface area contributed by atoms with Crippen molar-refractivity contribution in [2.24, 2.45) is 11.7 Å². The molecule has 4 N–H and O–H groups in total. The van der Waals surface area contributed by atoms with E-state index in [1.807, 2.05) is 24.3 Å². The third kappa shape index (κ3) is 3.95. The zero-order valence-electron chi connectivity index (χ0n) is 15.0. The van der Waals surface area contributed by atoms with E-state index in [0.717, 1.165) is 24.2 Å². The van der Waals surface area contributed by atoms with E-state index in [0.29, 0.717) is 30.1 Å². The molecule has 4 rings (SSSR count). The molecule has 0 radical (unpaired) electrons. The quantitative estimate of drug-likeness (QED) is 0.731. The summed E-state index contributed by atoms with van der Waals surface area (Å²) in [5, 5.41) is 5.84. The molecule has 1 fully saturated rings. The number of nitrogens with two attached hydrogens (primary N) is 1. The van der Waals surface area contributed by atoms with E-state index < -0.39 is 6.10 Å². The largest absolute Gasteiger partial charge is 0.480 e. The van der Waals surface area contributed by atoms with Crippen molar-refractivity contribution in [2.45, 2.75) is 31.4 Å². The van der Waals surface area contributed by atoms with Gasteiger partial charge in [-0.15, -0.1) is 0 Å². The van der Waals surface area contributed by atoms with Crippen LogP contribution in [0.15, 0.2) is 48.5 Å². The first-order valence-electron chi connectivity index (χ1n) is 9.30. The van der Waals surface area contributed by atoms with Gasteiger partial charge in [0.2, 0.25) is 0 Å². The Morgan fingerprint density at radius 1 is 1.15 bits per heavy atom. The smallest absolute Gasteiger partial charge is 0.265 e. The summed E-state index contributed by atoms with van der Waals surface area (Å²) < 4.78 is 5.71. The number of fused-ring (bicyclic) bond motifs is 1. The zero-order chi connectivity index (χ0) is 18.8.